The number of thiazole rings is 1. The molecule has 186 valence electrons. The number of hydrogen-bond acceptors (Lipinski definition) is 8. The summed E-state index contributed by atoms with van der Waals surface area (Å²) < 4.78 is 60.6. The fraction of sp³-hybridized carbons (Fsp3) is 0.167. The minimum Gasteiger partial charge on any atom is -0.472 e. The van der Waals surface area contributed by atoms with E-state index < -0.39 is 19.6 Å². The molecule has 0 atom stereocenters. The number of aromatic nitrogens is 1. The molecule has 0 saturated carbocycles. The van der Waals surface area contributed by atoms with Gasteiger partial charge in [0.15, 0.2) is 12.9 Å². The fourth-order valence-electron chi connectivity index (χ4n) is 3.28. The monoisotopic (exact) mass is 518 g/mol. The second-order valence-corrected chi connectivity index (χ2v) is 8.17. The van der Waals surface area contributed by atoms with Crippen molar-refractivity contribution in [2.75, 3.05) is 18.7 Å². The Kier molecular flexibility index (Phi) is 7.74. The average molecular weight is 518 g/mol. The first-order chi connectivity index (χ1) is 17.3. The first-order valence-electron chi connectivity index (χ1n) is 10.4. The second-order valence-electron chi connectivity index (χ2n) is 7.28. The van der Waals surface area contributed by atoms with Gasteiger partial charge in [0.25, 0.3) is 6.43 Å². The zero-order chi connectivity index (χ0) is 25.7. The summed E-state index contributed by atoms with van der Waals surface area (Å²) in [6.45, 7) is -3.88. The van der Waals surface area contributed by atoms with Crippen molar-refractivity contribution in [1.82, 2.24) is 4.98 Å². The number of alkyl halides is 4. The molecule has 0 unspecified atom stereocenters. The predicted molar refractivity (Wildman–Crippen MR) is 130 cm³/mol. The van der Waals surface area contributed by atoms with Crippen molar-refractivity contribution in [1.29, 1.82) is 0 Å². The molecule has 0 aliphatic carbocycles. The molecule has 0 bridgehead atoms. The summed E-state index contributed by atoms with van der Waals surface area (Å²) in [7, 11) is 1.70. The Balaban J connectivity index is 1.74. The van der Waals surface area contributed by atoms with Gasteiger partial charge in [0.05, 0.1) is 21.4 Å². The molecule has 3 aromatic rings. The van der Waals surface area contributed by atoms with Crippen molar-refractivity contribution >= 4 is 50.7 Å². The van der Waals surface area contributed by atoms with Gasteiger partial charge in [0.1, 0.15) is 17.2 Å². The third-order valence-corrected chi connectivity index (χ3v) is 5.71. The van der Waals surface area contributed by atoms with E-state index >= 15 is 0 Å². The van der Waals surface area contributed by atoms with Crippen LogP contribution in [0.2, 0.25) is 0 Å². The first-order valence-corrected chi connectivity index (χ1v) is 11.3. The number of aliphatic imine (C=N–C) groups is 1. The van der Waals surface area contributed by atoms with Crippen molar-refractivity contribution in [2.45, 2.75) is 13.0 Å². The van der Waals surface area contributed by atoms with E-state index in [2.05, 4.69) is 19.8 Å². The van der Waals surface area contributed by atoms with Crippen LogP contribution in [-0.4, -0.2) is 49.6 Å². The quantitative estimate of drug-likeness (QED) is 0.169. The van der Waals surface area contributed by atoms with Gasteiger partial charge >= 0.3 is 6.61 Å². The highest BCUT2D eigenvalue weighted by Crippen LogP contribution is 2.27. The first kappa shape index (κ1) is 25.0. The predicted octanol–water partition coefficient (Wildman–Crippen LogP) is 5.55. The Morgan fingerprint density at radius 1 is 1.14 bits per heavy atom. The molecule has 0 spiro atoms. The maximum absolute atomic E-state index is 12.7. The number of hydrogen-bond donors (Lipinski definition) is 0. The lowest BCUT2D eigenvalue weighted by Crippen LogP contribution is -2.19. The molecule has 12 heteroatoms. The van der Waals surface area contributed by atoms with Crippen LogP contribution in [0.15, 0.2) is 75.9 Å². The number of hydrazone groups is 1. The van der Waals surface area contributed by atoms with E-state index in [9.17, 15) is 22.4 Å². The van der Waals surface area contributed by atoms with Gasteiger partial charge in [0, 0.05) is 18.7 Å². The van der Waals surface area contributed by atoms with E-state index in [1.54, 1.807) is 17.6 Å². The third-order valence-electron chi connectivity index (χ3n) is 4.92. The van der Waals surface area contributed by atoms with Crippen molar-refractivity contribution in [3.05, 3.63) is 71.4 Å². The van der Waals surface area contributed by atoms with E-state index in [-0.39, 0.29) is 28.6 Å². The summed E-state index contributed by atoms with van der Waals surface area (Å²) in [5, 5.41) is 6.13. The van der Waals surface area contributed by atoms with Crippen LogP contribution >= 0.6 is 11.3 Å². The maximum Gasteiger partial charge on any atom is 0.387 e. The molecular formula is C24H18F4N4O3S. The molecule has 4 rings (SSSR count). The molecular weight excluding hydrogens is 500 g/mol. The fourth-order valence-corrected chi connectivity index (χ4v) is 3.99. The maximum atomic E-state index is 12.7. The van der Waals surface area contributed by atoms with Gasteiger partial charge in [-0.15, -0.1) is 11.3 Å². The number of aldehydes is 1. The summed E-state index contributed by atoms with van der Waals surface area (Å²) in [6, 6.07) is 10.9. The largest absolute Gasteiger partial charge is 0.472 e. The lowest BCUT2D eigenvalue weighted by atomic mass is 10.0. The standard InChI is InChI=1S/C24H18F4N4O3S/c1-32(15-4-7-18-20(10-15)36-13-29-18)31-19-8-9-22(34-12-21(25)26)30-23(19)17(11-33)14-2-5-16(6-3-14)35-24(27)28/h2-11,13,21,24H,12H2,1H3/b23-17-,31-19-. The summed E-state index contributed by atoms with van der Waals surface area (Å²) in [5.74, 6) is -0.223. The number of halogens is 4. The average Bonchev–Trinajstić information content (AvgIpc) is 3.33. The number of fused-ring (bicyclic) bond motifs is 1. The van der Waals surface area contributed by atoms with Crippen LogP contribution in [0.4, 0.5) is 23.2 Å². The topological polar surface area (TPSA) is 76.4 Å². The normalized spacial score (nSPS) is 16.0. The zero-order valence-electron chi connectivity index (χ0n) is 18.6. The van der Waals surface area contributed by atoms with Crippen molar-refractivity contribution in [3.63, 3.8) is 0 Å². The Hall–Kier alpha value is -4.06. The molecule has 0 N–H and O–H groups in total. The molecule has 2 heterocycles. The van der Waals surface area contributed by atoms with E-state index in [1.807, 2.05) is 18.2 Å². The van der Waals surface area contributed by atoms with Gasteiger partial charge in [-0.05, 0) is 42.0 Å². The third kappa shape index (κ3) is 5.95. The highest BCUT2D eigenvalue weighted by molar-refractivity contribution is 7.16. The molecule has 7 nitrogen and oxygen atoms in total. The number of benzene rings is 2. The van der Waals surface area contributed by atoms with Crippen LogP contribution < -0.4 is 9.75 Å². The molecule has 0 fully saturated rings. The lowest BCUT2D eigenvalue weighted by molar-refractivity contribution is -0.103. The van der Waals surface area contributed by atoms with Crippen LogP contribution in [0.25, 0.3) is 15.8 Å². The van der Waals surface area contributed by atoms with Crippen molar-refractivity contribution in [2.24, 2.45) is 10.1 Å². The Morgan fingerprint density at radius 3 is 2.61 bits per heavy atom. The molecule has 1 aliphatic heterocycles. The summed E-state index contributed by atoms with van der Waals surface area (Å²) in [5.41, 5.74) is 4.00. The van der Waals surface area contributed by atoms with Gasteiger partial charge in [-0.3, -0.25) is 9.80 Å². The number of dihydropyridines is 1. The summed E-state index contributed by atoms with van der Waals surface area (Å²) in [4.78, 5) is 20.6. The van der Waals surface area contributed by atoms with Crippen LogP contribution in [0.5, 0.6) is 5.75 Å². The van der Waals surface area contributed by atoms with Crippen LogP contribution in [0.1, 0.15) is 5.56 Å². The number of nitrogens with zero attached hydrogens (tertiary/aromatic N) is 4. The van der Waals surface area contributed by atoms with Crippen molar-refractivity contribution < 1.29 is 31.8 Å². The second kappa shape index (κ2) is 11.1. The zero-order valence-corrected chi connectivity index (χ0v) is 19.5. The Bertz CT molecular complexity index is 1370. The smallest absolute Gasteiger partial charge is 0.387 e. The number of rotatable bonds is 8. The van der Waals surface area contributed by atoms with Crippen LogP contribution in [0, 0.1) is 0 Å². The van der Waals surface area contributed by atoms with Crippen molar-refractivity contribution in [3.8, 4) is 5.75 Å². The molecule has 1 aromatic heterocycles. The van der Waals surface area contributed by atoms with Crippen LogP contribution in [-0.2, 0) is 9.53 Å². The Labute approximate surface area is 206 Å². The Morgan fingerprint density at radius 2 is 1.92 bits per heavy atom. The van der Waals surface area contributed by atoms with Gasteiger partial charge in [-0.2, -0.15) is 13.9 Å². The van der Waals surface area contributed by atoms with E-state index in [4.69, 9.17) is 4.74 Å². The number of carbonyl (C=O) groups excluding carboxylic acids is 1. The van der Waals surface area contributed by atoms with Gasteiger partial charge in [-0.1, -0.05) is 12.1 Å². The van der Waals surface area contributed by atoms with Gasteiger partial charge < -0.3 is 9.47 Å². The minimum atomic E-state index is -3.00. The van der Waals surface area contributed by atoms with E-state index in [0.717, 1.165) is 15.9 Å². The molecule has 0 radical (unpaired) electrons. The molecule has 0 amide bonds. The number of anilines is 1. The summed E-state index contributed by atoms with van der Waals surface area (Å²) in [6.07, 6.45) is 0.657. The number of allylic oxidation sites excluding steroid dienone is 2. The number of carbonyl (C=O) groups is 1. The molecule has 2 aromatic carbocycles. The summed E-state index contributed by atoms with van der Waals surface area (Å²) >= 11 is 1.47. The van der Waals surface area contributed by atoms with Crippen LogP contribution in [0.3, 0.4) is 0 Å². The van der Waals surface area contributed by atoms with E-state index in [1.165, 1.54) is 47.8 Å². The lowest BCUT2D eigenvalue weighted by Gasteiger charge is -2.18. The van der Waals surface area contributed by atoms with Gasteiger partial charge in [-0.25, -0.2) is 18.8 Å². The van der Waals surface area contributed by atoms with E-state index in [0.29, 0.717) is 11.8 Å². The van der Waals surface area contributed by atoms with Gasteiger partial charge in [0.2, 0.25) is 5.90 Å². The highest BCUT2D eigenvalue weighted by atomic mass is 32.1. The SMILES string of the molecule is CN(/N=C1/C=CC(OCC(F)F)=N/C1=C(/C=O)c1ccc(OC(F)F)cc1)c1ccc2ncsc2c1. The molecule has 0 saturated heterocycles. The number of ether oxygens (including phenoxy) is 2. The highest BCUT2D eigenvalue weighted by Gasteiger charge is 2.20. The minimum absolute atomic E-state index is 0.0474. The molecule has 1 aliphatic rings. The molecule has 36 heavy (non-hydrogen) atoms.